The smallest absolute Gasteiger partial charge is 0.411 e. The number of hydrogen-bond acceptors (Lipinski definition) is 7. The number of aliphatic hydroxyl groups excluding tert-OH is 1. The Kier molecular flexibility index (Phi) is 7.73. The summed E-state index contributed by atoms with van der Waals surface area (Å²) in [7, 11) is 0. The van der Waals surface area contributed by atoms with Crippen LogP contribution in [0.1, 0.15) is 52.3 Å². The van der Waals surface area contributed by atoms with Crippen LogP contribution in [-0.2, 0) is 9.47 Å². The lowest BCUT2D eigenvalue weighted by Gasteiger charge is -2.33. The second kappa shape index (κ2) is 10.3. The number of carbonyl (C=O) groups is 2. The summed E-state index contributed by atoms with van der Waals surface area (Å²) in [6.07, 6.45) is 0.0348. The van der Waals surface area contributed by atoms with Gasteiger partial charge in [0.05, 0.1) is 24.1 Å². The van der Waals surface area contributed by atoms with Crippen LogP contribution in [0.3, 0.4) is 0 Å². The molecule has 0 saturated carbocycles. The van der Waals surface area contributed by atoms with Crippen molar-refractivity contribution in [2.45, 2.75) is 52.2 Å². The molecule has 3 rings (SSSR count). The number of likely N-dealkylation sites (tertiary alicyclic amines) is 1. The van der Waals surface area contributed by atoms with Crippen molar-refractivity contribution in [3.05, 3.63) is 35.3 Å². The van der Waals surface area contributed by atoms with Gasteiger partial charge in [-0.15, -0.1) is 11.3 Å². The van der Waals surface area contributed by atoms with E-state index in [9.17, 15) is 14.7 Å². The van der Waals surface area contributed by atoms with Crippen molar-refractivity contribution in [1.29, 1.82) is 0 Å². The Labute approximate surface area is 192 Å². The summed E-state index contributed by atoms with van der Waals surface area (Å²) in [5.41, 5.74) is 1.46. The van der Waals surface area contributed by atoms with E-state index in [1.165, 1.54) is 11.3 Å². The molecule has 0 radical (unpaired) electrons. The summed E-state index contributed by atoms with van der Waals surface area (Å²) in [5.74, 6) is 0.197. The molecule has 1 fully saturated rings. The molecule has 2 aromatic rings. The molecule has 1 saturated heterocycles. The van der Waals surface area contributed by atoms with E-state index in [4.69, 9.17) is 9.47 Å². The Balaban J connectivity index is 1.50. The van der Waals surface area contributed by atoms with Crippen LogP contribution in [0.2, 0.25) is 0 Å². The van der Waals surface area contributed by atoms with Crippen LogP contribution in [0.5, 0.6) is 0 Å². The number of carbonyl (C=O) groups excluding carboxylic acids is 2. The maximum absolute atomic E-state index is 12.4. The Hall–Kier alpha value is -2.65. The third kappa shape index (κ3) is 6.67. The van der Waals surface area contributed by atoms with Crippen LogP contribution < -0.4 is 5.32 Å². The van der Waals surface area contributed by atoms with Crippen LogP contribution in [0.25, 0.3) is 10.6 Å². The molecule has 1 aromatic heterocycles. The Bertz CT molecular complexity index is 930. The number of amides is 2. The molecular formula is C23H31N3O5S. The topological polar surface area (TPSA) is 101 Å². The lowest BCUT2D eigenvalue weighted by atomic mass is 9.98. The lowest BCUT2D eigenvalue weighted by molar-refractivity contribution is 0.0153. The van der Waals surface area contributed by atoms with Crippen LogP contribution in [-0.4, -0.2) is 52.5 Å². The van der Waals surface area contributed by atoms with Gasteiger partial charge in [0.2, 0.25) is 0 Å². The van der Waals surface area contributed by atoms with Crippen LogP contribution in [0, 0.1) is 5.92 Å². The van der Waals surface area contributed by atoms with E-state index in [1.54, 1.807) is 23.3 Å². The minimum Gasteiger partial charge on any atom is -0.449 e. The number of anilines is 1. The van der Waals surface area contributed by atoms with Gasteiger partial charge in [0.15, 0.2) is 0 Å². The molecule has 32 heavy (non-hydrogen) atoms. The van der Waals surface area contributed by atoms with Gasteiger partial charge in [-0.05, 0) is 58.6 Å². The quantitative estimate of drug-likeness (QED) is 0.645. The summed E-state index contributed by atoms with van der Waals surface area (Å²) in [6, 6.07) is 7.36. The summed E-state index contributed by atoms with van der Waals surface area (Å²) in [4.78, 5) is 30.7. The van der Waals surface area contributed by atoms with Crippen molar-refractivity contribution in [2.24, 2.45) is 5.92 Å². The number of aromatic nitrogens is 1. The SMILES string of the molecule is CC(O)c1csc(-c2ccccc2NC(=O)OCC2CCN(C(=O)OC(C)(C)C)CC2)n1. The van der Waals surface area contributed by atoms with Gasteiger partial charge < -0.3 is 19.5 Å². The first-order chi connectivity index (χ1) is 15.1. The summed E-state index contributed by atoms with van der Waals surface area (Å²) < 4.78 is 10.9. The number of piperidine rings is 1. The largest absolute Gasteiger partial charge is 0.449 e. The van der Waals surface area contributed by atoms with E-state index in [1.807, 2.05) is 39.0 Å². The second-order valence-electron chi connectivity index (χ2n) is 8.93. The van der Waals surface area contributed by atoms with E-state index in [0.29, 0.717) is 36.1 Å². The second-order valence-corrected chi connectivity index (χ2v) is 9.79. The molecule has 0 aliphatic carbocycles. The van der Waals surface area contributed by atoms with Gasteiger partial charge in [-0.25, -0.2) is 14.6 Å². The third-order valence-electron chi connectivity index (χ3n) is 5.06. The number of rotatable bonds is 5. The highest BCUT2D eigenvalue weighted by atomic mass is 32.1. The molecule has 1 aromatic carbocycles. The first-order valence-corrected chi connectivity index (χ1v) is 11.6. The van der Waals surface area contributed by atoms with Crippen molar-refractivity contribution in [1.82, 2.24) is 9.88 Å². The highest BCUT2D eigenvalue weighted by Crippen LogP contribution is 2.32. The average molecular weight is 462 g/mol. The van der Waals surface area contributed by atoms with Crippen molar-refractivity contribution < 1.29 is 24.2 Å². The molecule has 8 nitrogen and oxygen atoms in total. The predicted octanol–water partition coefficient (Wildman–Crippen LogP) is 5.06. The maximum atomic E-state index is 12.4. The van der Waals surface area contributed by atoms with E-state index in [0.717, 1.165) is 18.4 Å². The van der Waals surface area contributed by atoms with E-state index >= 15 is 0 Å². The Morgan fingerprint density at radius 3 is 2.59 bits per heavy atom. The Morgan fingerprint density at radius 2 is 1.97 bits per heavy atom. The number of nitrogens with one attached hydrogen (secondary N) is 1. The minimum absolute atomic E-state index is 0.197. The zero-order valence-electron chi connectivity index (χ0n) is 19.0. The number of thiazole rings is 1. The Morgan fingerprint density at radius 1 is 1.28 bits per heavy atom. The van der Waals surface area contributed by atoms with Gasteiger partial charge in [0, 0.05) is 24.0 Å². The van der Waals surface area contributed by atoms with Gasteiger partial charge in [-0.2, -0.15) is 0 Å². The molecule has 2 amide bonds. The van der Waals surface area contributed by atoms with Crippen LogP contribution in [0.4, 0.5) is 15.3 Å². The minimum atomic E-state index is -0.646. The lowest BCUT2D eigenvalue weighted by Crippen LogP contribution is -2.42. The van der Waals surface area contributed by atoms with Gasteiger partial charge >= 0.3 is 12.2 Å². The predicted molar refractivity (Wildman–Crippen MR) is 124 cm³/mol. The molecule has 174 valence electrons. The van der Waals surface area contributed by atoms with Gasteiger partial charge in [-0.3, -0.25) is 5.32 Å². The highest BCUT2D eigenvalue weighted by Gasteiger charge is 2.27. The van der Waals surface area contributed by atoms with Crippen LogP contribution >= 0.6 is 11.3 Å². The van der Waals surface area contributed by atoms with Gasteiger partial charge in [0.1, 0.15) is 10.6 Å². The number of para-hydroxylation sites is 1. The fourth-order valence-corrected chi connectivity index (χ4v) is 4.27. The number of benzene rings is 1. The number of aliphatic hydroxyl groups is 1. The monoisotopic (exact) mass is 461 g/mol. The molecule has 9 heteroatoms. The molecule has 1 atom stereocenters. The van der Waals surface area contributed by atoms with Crippen molar-refractivity contribution in [2.75, 3.05) is 25.0 Å². The number of ether oxygens (including phenoxy) is 2. The first kappa shape index (κ1) is 24.0. The van der Waals surface area contributed by atoms with Crippen molar-refractivity contribution in [3.8, 4) is 10.6 Å². The number of hydrogen-bond donors (Lipinski definition) is 2. The zero-order chi connectivity index (χ0) is 23.3. The maximum Gasteiger partial charge on any atom is 0.411 e. The summed E-state index contributed by atoms with van der Waals surface area (Å²) in [6.45, 7) is 8.68. The van der Waals surface area contributed by atoms with Gasteiger partial charge in [-0.1, -0.05) is 12.1 Å². The van der Waals surface area contributed by atoms with E-state index in [2.05, 4.69) is 10.3 Å². The summed E-state index contributed by atoms with van der Waals surface area (Å²) >= 11 is 1.41. The first-order valence-electron chi connectivity index (χ1n) is 10.8. The van der Waals surface area contributed by atoms with Crippen molar-refractivity contribution in [3.63, 3.8) is 0 Å². The summed E-state index contributed by atoms with van der Waals surface area (Å²) in [5, 5.41) is 15.0. The fourth-order valence-electron chi connectivity index (χ4n) is 3.33. The molecule has 0 bridgehead atoms. The molecule has 1 aliphatic heterocycles. The molecule has 0 spiro atoms. The normalized spacial score (nSPS) is 15.8. The van der Waals surface area contributed by atoms with E-state index < -0.39 is 17.8 Å². The van der Waals surface area contributed by atoms with E-state index in [-0.39, 0.29) is 12.0 Å². The standard InChI is InChI=1S/C23H31N3O5S/c1-15(27)19-14-32-20(24-19)17-7-5-6-8-18(17)25-21(28)30-13-16-9-11-26(12-10-16)22(29)31-23(2,3)4/h5-8,14-16,27H,9-13H2,1-4H3,(H,25,28). The molecule has 2 heterocycles. The number of nitrogens with zero attached hydrogens (tertiary/aromatic N) is 2. The average Bonchev–Trinajstić information content (AvgIpc) is 3.22. The van der Waals surface area contributed by atoms with Gasteiger partial charge in [0.25, 0.3) is 0 Å². The molecule has 2 N–H and O–H groups in total. The molecule has 1 unspecified atom stereocenters. The molecule has 1 aliphatic rings. The zero-order valence-corrected chi connectivity index (χ0v) is 19.8. The third-order valence-corrected chi connectivity index (χ3v) is 5.95. The highest BCUT2D eigenvalue weighted by molar-refractivity contribution is 7.13. The fraction of sp³-hybridized carbons (Fsp3) is 0.522. The molecular weight excluding hydrogens is 430 g/mol. The van der Waals surface area contributed by atoms with Crippen molar-refractivity contribution >= 4 is 29.2 Å². The van der Waals surface area contributed by atoms with Crippen LogP contribution in [0.15, 0.2) is 29.6 Å².